The fourth-order valence-electron chi connectivity index (χ4n) is 3.08. The molecule has 1 unspecified atom stereocenters. The van der Waals surface area contributed by atoms with Crippen LogP contribution in [0.5, 0.6) is 0 Å². The normalized spacial score (nSPS) is 17.8. The highest BCUT2D eigenvalue weighted by molar-refractivity contribution is 7.89. The number of nitrogens with zero attached hydrogens (tertiary/aromatic N) is 3. The van der Waals surface area contributed by atoms with Crippen molar-refractivity contribution in [3.05, 3.63) is 24.5 Å². The maximum atomic E-state index is 12.9. The van der Waals surface area contributed by atoms with Gasteiger partial charge in [0.15, 0.2) is 0 Å². The van der Waals surface area contributed by atoms with Crippen LogP contribution in [0.4, 0.5) is 0 Å². The van der Waals surface area contributed by atoms with Gasteiger partial charge in [-0.3, -0.25) is 4.79 Å². The summed E-state index contributed by atoms with van der Waals surface area (Å²) in [5.41, 5.74) is 0.542. The van der Waals surface area contributed by atoms with Crippen molar-refractivity contribution in [2.24, 2.45) is 0 Å². The maximum Gasteiger partial charge on any atom is 0.251 e. The molecule has 0 aromatic carbocycles. The number of aromatic nitrogens is 2. The molecule has 8 nitrogen and oxygen atoms in total. The van der Waals surface area contributed by atoms with E-state index < -0.39 is 16.1 Å². The van der Waals surface area contributed by atoms with Crippen molar-refractivity contribution in [3.63, 3.8) is 0 Å². The molecule has 136 valence electrons. The number of piperazine rings is 1. The lowest BCUT2D eigenvalue weighted by Gasteiger charge is -2.35. The summed E-state index contributed by atoms with van der Waals surface area (Å²) < 4.78 is 32.5. The number of hydrogen-bond acceptors (Lipinski definition) is 5. The predicted molar refractivity (Wildman–Crippen MR) is 92.5 cm³/mol. The van der Waals surface area contributed by atoms with Crippen LogP contribution in [-0.2, 0) is 19.6 Å². The van der Waals surface area contributed by atoms with Gasteiger partial charge in [0.05, 0.1) is 0 Å². The Morgan fingerprint density at radius 1 is 1.36 bits per heavy atom. The van der Waals surface area contributed by atoms with E-state index >= 15 is 0 Å². The van der Waals surface area contributed by atoms with E-state index in [-0.39, 0.29) is 23.9 Å². The zero-order valence-electron chi connectivity index (χ0n) is 14.3. The lowest BCUT2D eigenvalue weighted by molar-refractivity contribution is -0.143. The molecule has 25 heavy (non-hydrogen) atoms. The molecule has 1 atom stereocenters. The van der Waals surface area contributed by atoms with Crippen LogP contribution < -0.4 is 0 Å². The highest BCUT2D eigenvalue weighted by atomic mass is 32.2. The topological polar surface area (TPSA) is 95.6 Å². The molecule has 0 radical (unpaired) electrons. The SMILES string of the molecule is CCC(OC)C(=O)N1CCN(S(=O)(=O)c2c[nH]c3ncccc23)CC1. The number of carbonyl (C=O) groups excluding carboxylic acids is 1. The highest BCUT2D eigenvalue weighted by Crippen LogP contribution is 2.25. The van der Waals surface area contributed by atoms with Gasteiger partial charge in [0.2, 0.25) is 10.0 Å². The zero-order valence-corrected chi connectivity index (χ0v) is 15.1. The fourth-order valence-corrected chi connectivity index (χ4v) is 4.65. The molecule has 1 amide bonds. The molecule has 0 bridgehead atoms. The van der Waals surface area contributed by atoms with Gasteiger partial charge in [0.1, 0.15) is 16.6 Å². The van der Waals surface area contributed by atoms with Gasteiger partial charge >= 0.3 is 0 Å². The van der Waals surface area contributed by atoms with Crippen LogP contribution >= 0.6 is 0 Å². The van der Waals surface area contributed by atoms with E-state index in [1.165, 1.54) is 17.6 Å². The number of fused-ring (bicyclic) bond motifs is 1. The van der Waals surface area contributed by atoms with E-state index in [1.54, 1.807) is 23.2 Å². The number of methoxy groups -OCH3 is 1. The molecular formula is C16H22N4O4S. The maximum absolute atomic E-state index is 12.9. The predicted octanol–water partition coefficient (Wildman–Crippen LogP) is 0.821. The average Bonchev–Trinajstić information content (AvgIpc) is 3.07. The number of ether oxygens (including phenoxy) is 1. The third-order valence-electron chi connectivity index (χ3n) is 4.51. The summed E-state index contributed by atoms with van der Waals surface area (Å²) in [4.78, 5) is 21.2. The number of sulfonamides is 1. The van der Waals surface area contributed by atoms with Gasteiger partial charge in [-0.25, -0.2) is 13.4 Å². The van der Waals surface area contributed by atoms with Gasteiger partial charge in [-0.2, -0.15) is 4.31 Å². The highest BCUT2D eigenvalue weighted by Gasteiger charge is 2.33. The van der Waals surface area contributed by atoms with Crippen LogP contribution in [0.3, 0.4) is 0 Å². The van der Waals surface area contributed by atoms with Gasteiger partial charge in [-0.15, -0.1) is 0 Å². The molecule has 0 spiro atoms. The number of nitrogens with one attached hydrogen (secondary N) is 1. The van der Waals surface area contributed by atoms with Crippen LogP contribution in [0.25, 0.3) is 11.0 Å². The molecule has 2 aromatic rings. The first-order valence-electron chi connectivity index (χ1n) is 8.23. The number of rotatable bonds is 5. The second kappa shape index (κ2) is 7.11. The molecule has 0 saturated carbocycles. The molecular weight excluding hydrogens is 344 g/mol. The number of H-pyrrole nitrogens is 1. The van der Waals surface area contributed by atoms with Crippen LogP contribution in [0.15, 0.2) is 29.4 Å². The molecule has 1 fully saturated rings. The average molecular weight is 366 g/mol. The summed E-state index contributed by atoms with van der Waals surface area (Å²) in [6, 6.07) is 3.44. The standard InChI is InChI=1S/C16H22N4O4S/c1-3-13(24-2)16(21)19-7-9-20(10-8-19)25(22,23)14-11-18-15-12(14)5-4-6-17-15/h4-6,11,13H,3,7-10H2,1-2H3,(H,17,18). The van der Waals surface area contributed by atoms with Crippen LogP contribution in [-0.4, -0.2) is 72.9 Å². The molecule has 2 aromatic heterocycles. The Bertz CT molecular complexity index is 852. The molecule has 3 heterocycles. The Labute approximate surface area is 146 Å². The monoisotopic (exact) mass is 366 g/mol. The van der Waals surface area contributed by atoms with Crippen molar-refractivity contribution >= 4 is 27.0 Å². The molecule has 1 saturated heterocycles. The van der Waals surface area contributed by atoms with E-state index in [1.807, 2.05) is 6.92 Å². The Hall–Kier alpha value is -1.97. The molecule has 1 N–H and O–H groups in total. The number of carbonyl (C=O) groups is 1. The van der Waals surface area contributed by atoms with Gasteiger partial charge < -0.3 is 14.6 Å². The third-order valence-corrected chi connectivity index (χ3v) is 6.45. The van der Waals surface area contributed by atoms with Crippen LogP contribution in [0.1, 0.15) is 13.3 Å². The fraction of sp³-hybridized carbons (Fsp3) is 0.500. The van der Waals surface area contributed by atoms with Crippen molar-refractivity contribution in [2.45, 2.75) is 24.3 Å². The van der Waals surface area contributed by atoms with Gasteiger partial charge in [-0.05, 0) is 18.6 Å². The van der Waals surface area contributed by atoms with Gasteiger partial charge in [-0.1, -0.05) is 6.92 Å². The number of hydrogen-bond donors (Lipinski definition) is 1. The van der Waals surface area contributed by atoms with Crippen molar-refractivity contribution in [1.29, 1.82) is 0 Å². The van der Waals surface area contributed by atoms with E-state index in [4.69, 9.17) is 4.74 Å². The van der Waals surface area contributed by atoms with Crippen molar-refractivity contribution in [1.82, 2.24) is 19.2 Å². The molecule has 1 aliphatic heterocycles. The largest absolute Gasteiger partial charge is 0.372 e. The summed E-state index contributed by atoms with van der Waals surface area (Å²) in [7, 11) is -2.12. The molecule has 1 aliphatic rings. The molecule has 0 aliphatic carbocycles. The number of amides is 1. The summed E-state index contributed by atoms with van der Waals surface area (Å²) in [6.07, 6.45) is 3.21. The van der Waals surface area contributed by atoms with Crippen LogP contribution in [0, 0.1) is 0 Å². The number of aromatic amines is 1. The third kappa shape index (κ3) is 3.26. The summed E-state index contributed by atoms with van der Waals surface area (Å²) in [6.45, 7) is 3.14. The van der Waals surface area contributed by atoms with Crippen molar-refractivity contribution in [2.75, 3.05) is 33.3 Å². The first kappa shape index (κ1) is 17.8. The van der Waals surface area contributed by atoms with E-state index in [0.29, 0.717) is 30.5 Å². The van der Waals surface area contributed by atoms with Gasteiger partial charge in [0, 0.05) is 51.1 Å². The van der Waals surface area contributed by atoms with E-state index in [0.717, 1.165) is 0 Å². The minimum absolute atomic E-state index is 0.0849. The van der Waals surface area contributed by atoms with E-state index in [9.17, 15) is 13.2 Å². The smallest absolute Gasteiger partial charge is 0.251 e. The lowest BCUT2D eigenvalue weighted by atomic mass is 10.2. The van der Waals surface area contributed by atoms with Crippen LogP contribution in [0.2, 0.25) is 0 Å². The second-order valence-corrected chi connectivity index (χ2v) is 7.82. The Morgan fingerprint density at radius 2 is 2.08 bits per heavy atom. The summed E-state index contributed by atoms with van der Waals surface area (Å²) in [5.74, 6) is -0.0849. The second-order valence-electron chi connectivity index (χ2n) is 5.91. The van der Waals surface area contributed by atoms with Gasteiger partial charge in [0.25, 0.3) is 5.91 Å². The Kier molecular flexibility index (Phi) is 5.07. The van der Waals surface area contributed by atoms with Crippen molar-refractivity contribution < 1.29 is 17.9 Å². The first-order chi connectivity index (χ1) is 12.0. The summed E-state index contributed by atoms with van der Waals surface area (Å²) in [5, 5.41) is 0.575. The zero-order chi connectivity index (χ0) is 18.0. The molecule has 3 rings (SSSR count). The summed E-state index contributed by atoms with van der Waals surface area (Å²) >= 11 is 0. The van der Waals surface area contributed by atoms with Crippen molar-refractivity contribution in [3.8, 4) is 0 Å². The number of pyridine rings is 1. The Morgan fingerprint density at radius 3 is 2.72 bits per heavy atom. The lowest BCUT2D eigenvalue weighted by Crippen LogP contribution is -2.52. The molecule has 9 heteroatoms. The quantitative estimate of drug-likeness (QED) is 0.845. The van der Waals surface area contributed by atoms with E-state index in [2.05, 4.69) is 9.97 Å². The minimum atomic E-state index is -3.63. The minimum Gasteiger partial charge on any atom is -0.372 e. The Balaban J connectivity index is 1.75. The first-order valence-corrected chi connectivity index (χ1v) is 9.67.